The van der Waals surface area contributed by atoms with Crippen LogP contribution in [0.25, 0.3) is 10.8 Å². The summed E-state index contributed by atoms with van der Waals surface area (Å²) in [6.45, 7) is 4.34. The number of esters is 1. The average Bonchev–Trinajstić information content (AvgIpc) is 2.77. The molecule has 0 bridgehead atoms. The van der Waals surface area contributed by atoms with Crippen LogP contribution in [-0.4, -0.2) is 37.6 Å². The lowest BCUT2D eigenvalue weighted by atomic mass is 9.90. The van der Waals surface area contributed by atoms with Gasteiger partial charge in [-0.15, -0.1) is 0 Å². The SMILES string of the molecule is Cc1cc(S(=O)(=O)Nc2cc([C@@H](C(=O)OC(C)C)C(=O)C(F)(F)F)c(O)c3ccccc23)ccc1Cl. The molecule has 0 amide bonds. The molecule has 0 unspecified atom stereocenters. The van der Waals surface area contributed by atoms with Crippen molar-refractivity contribution >= 4 is 49.8 Å². The smallest absolute Gasteiger partial charge is 0.451 e. The zero-order valence-corrected chi connectivity index (χ0v) is 20.8. The highest BCUT2D eigenvalue weighted by molar-refractivity contribution is 7.92. The van der Waals surface area contributed by atoms with Crippen molar-refractivity contribution < 1.29 is 41.0 Å². The maximum Gasteiger partial charge on any atom is 0.451 e. The van der Waals surface area contributed by atoms with Crippen molar-refractivity contribution in [3.63, 3.8) is 0 Å². The number of aryl methyl sites for hydroxylation is 1. The summed E-state index contributed by atoms with van der Waals surface area (Å²) in [6.07, 6.45) is -6.31. The molecule has 3 aromatic carbocycles. The molecule has 0 aliphatic rings. The first-order valence-electron chi connectivity index (χ1n) is 10.5. The monoisotopic (exact) mass is 543 g/mol. The van der Waals surface area contributed by atoms with Gasteiger partial charge in [-0.25, -0.2) is 8.42 Å². The predicted octanol–water partition coefficient (Wildman–Crippen LogP) is 5.47. The topological polar surface area (TPSA) is 110 Å². The van der Waals surface area contributed by atoms with E-state index in [1.165, 1.54) is 56.3 Å². The Morgan fingerprint density at radius 2 is 1.67 bits per heavy atom. The lowest BCUT2D eigenvalue weighted by Crippen LogP contribution is -2.35. The molecule has 0 saturated carbocycles. The van der Waals surface area contributed by atoms with Gasteiger partial charge in [0.25, 0.3) is 15.8 Å². The van der Waals surface area contributed by atoms with Gasteiger partial charge in [0.1, 0.15) is 5.75 Å². The number of carbonyl (C=O) groups is 2. The number of anilines is 1. The highest BCUT2D eigenvalue weighted by atomic mass is 35.5. The highest BCUT2D eigenvalue weighted by Crippen LogP contribution is 2.41. The minimum Gasteiger partial charge on any atom is -0.507 e. The first-order chi connectivity index (χ1) is 16.6. The summed E-state index contributed by atoms with van der Waals surface area (Å²) >= 11 is 5.96. The van der Waals surface area contributed by atoms with Gasteiger partial charge >= 0.3 is 12.1 Å². The zero-order chi connectivity index (χ0) is 27.0. The fourth-order valence-electron chi connectivity index (χ4n) is 3.51. The molecule has 3 aromatic rings. The molecular weight excluding hydrogens is 523 g/mol. The van der Waals surface area contributed by atoms with Crippen LogP contribution in [0.3, 0.4) is 0 Å². The number of halogens is 4. The first-order valence-corrected chi connectivity index (χ1v) is 12.3. The summed E-state index contributed by atoms with van der Waals surface area (Å²) in [7, 11) is -4.30. The van der Waals surface area contributed by atoms with Crippen LogP contribution >= 0.6 is 11.6 Å². The predicted molar refractivity (Wildman–Crippen MR) is 128 cm³/mol. The van der Waals surface area contributed by atoms with E-state index < -0.39 is 51.3 Å². The van der Waals surface area contributed by atoms with E-state index >= 15 is 0 Å². The van der Waals surface area contributed by atoms with Gasteiger partial charge in [0.2, 0.25) is 0 Å². The van der Waals surface area contributed by atoms with E-state index in [4.69, 9.17) is 16.3 Å². The number of carbonyl (C=O) groups excluding carboxylic acids is 2. The number of phenolic OH excluding ortho intramolecular Hbond substituents is 1. The number of hydrogen-bond acceptors (Lipinski definition) is 6. The number of ketones is 1. The number of aromatic hydroxyl groups is 1. The molecule has 0 fully saturated rings. The lowest BCUT2D eigenvalue weighted by molar-refractivity contribution is -0.178. The van der Waals surface area contributed by atoms with E-state index in [0.29, 0.717) is 10.6 Å². The quantitative estimate of drug-likeness (QED) is 0.232. The number of fused-ring (bicyclic) bond motifs is 1. The largest absolute Gasteiger partial charge is 0.507 e. The number of nitrogens with one attached hydrogen (secondary N) is 1. The number of hydrogen-bond donors (Lipinski definition) is 2. The fourth-order valence-corrected chi connectivity index (χ4v) is 4.79. The zero-order valence-electron chi connectivity index (χ0n) is 19.2. The molecule has 2 N–H and O–H groups in total. The van der Waals surface area contributed by atoms with Crippen molar-refractivity contribution in [2.45, 2.75) is 43.9 Å². The van der Waals surface area contributed by atoms with Gasteiger partial charge in [0.15, 0.2) is 5.92 Å². The summed E-state index contributed by atoms with van der Waals surface area (Å²) in [5.74, 6) is -7.39. The maximum atomic E-state index is 13.4. The second-order valence-electron chi connectivity index (χ2n) is 8.20. The number of Topliss-reactive ketones (excluding diaryl/α,β-unsaturated/α-hetero) is 1. The normalized spacial score (nSPS) is 13.0. The first kappa shape index (κ1) is 27.3. The molecule has 7 nitrogen and oxygen atoms in total. The molecule has 0 radical (unpaired) electrons. The van der Waals surface area contributed by atoms with Gasteiger partial charge in [-0.05, 0) is 50.6 Å². The van der Waals surface area contributed by atoms with Gasteiger partial charge in [-0.3, -0.25) is 14.3 Å². The molecule has 0 aliphatic carbocycles. The Morgan fingerprint density at radius 3 is 2.22 bits per heavy atom. The number of alkyl halides is 3. The summed E-state index contributed by atoms with van der Waals surface area (Å²) in [5, 5.41) is 11.2. The van der Waals surface area contributed by atoms with Gasteiger partial charge < -0.3 is 9.84 Å². The van der Waals surface area contributed by atoms with Crippen molar-refractivity contribution in [1.29, 1.82) is 0 Å². The Bertz CT molecular complexity index is 1450. The lowest BCUT2D eigenvalue weighted by Gasteiger charge is -2.21. The van der Waals surface area contributed by atoms with Crippen LogP contribution in [0.15, 0.2) is 53.4 Å². The third-order valence-corrected chi connectivity index (χ3v) is 6.96. The number of sulfonamides is 1. The summed E-state index contributed by atoms with van der Waals surface area (Å²) in [5.41, 5.74) is -0.557. The van der Waals surface area contributed by atoms with E-state index in [1.54, 1.807) is 6.92 Å². The average molecular weight is 544 g/mol. The van der Waals surface area contributed by atoms with E-state index in [2.05, 4.69) is 4.72 Å². The van der Waals surface area contributed by atoms with Gasteiger partial charge in [-0.1, -0.05) is 35.9 Å². The number of ether oxygens (including phenoxy) is 1. The van der Waals surface area contributed by atoms with Crippen LogP contribution in [0, 0.1) is 6.92 Å². The van der Waals surface area contributed by atoms with Crippen LogP contribution in [-0.2, 0) is 24.3 Å². The number of benzene rings is 3. The third-order valence-electron chi connectivity index (χ3n) is 5.17. The molecule has 0 spiro atoms. The maximum absolute atomic E-state index is 13.4. The molecule has 0 heterocycles. The highest BCUT2D eigenvalue weighted by Gasteiger charge is 2.49. The van der Waals surface area contributed by atoms with Crippen molar-refractivity contribution in [3.8, 4) is 5.75 Å². The van der Waals surface area contributed by atoms with Gasteiger partial charge in [0, 0.05) is 21.4 Å². The molecule has 36 heavy (non-hydrogen) atoms. The second kappa shape index (κ2) is 9.98. The minimum absolute atomic E-state index is 0.0858. The minimum atomic E-state index is -5.45. The van der Waals surface area contributed by atoms with Crippen LogP contribution < -0.4 is 4.72 Å². The fraction of sp³-hybridized carbons (Fsp3) is 0.250. The molecule has 12 heteroatoms. The van der Waals surface area contributed by atoms with Gasteiger partial charge in [0.05, 0.1) is 16.7 Å². The Kier molecular flexibility index (Phi) is 7.56. The Hall–Kier alpha value is -3.31. The third kappa shape index (κ3) is 5.57. The van der Waals surface area contributed by atoms with Gasteiger partial charge in [-0.2, -0.15) is 13.2 Å². The van der Waals surface area contributed by atoms with E-state index in [1.807, 2.05) is 0 Å². The summed E-state index contributed by atoms with van der Waals surface area (Å²) in [6, 6.07) is 10.4. The molecule has 0 aliphatic heterocycles. The van der Waals surface area contributed by atoms with Crippen LogP contribution in [0.2, 0.25) is 5.02 Å². The van der Waals surface area contributed by atoms with Crippen molar-refractivity contribution in [1.82, 2.24) is 0 Å². The molecule has 1 atom stereocenters. The van der Waals surface area contributed by atoms with Crippen LogP contribution in [0.4, 0.5) is 18.9 Å². The van der Waals surface area contributed by atoms with Crippen molar-refractivity contribution in [3.05, 3.63) is 64.7 Å². The Balaban J connectivity index is 2.25. The second-order valence-corrected chi connectivity index (χ2v) is 10.3. The standard InChI is InChI=1S/C24H21ClF3NO6S/c1-12(2)35-23(32)20(22(31)24(26,27)28)17-11-19(15-6-4-5-7-16(15)21(17)30)29-36(33,34)14-8-9-18(25)13(3)10-14/h4-12,20,29-30H,1-3H3/t20-/m1/s1. The van der Waals surface area contributed by atoms with E-state index in [-0.39, 0.29) is 21.4 Å². The summed E-state index contributed by atoms with van der Waals surface area (Å²) in [4.78, 5) is 24.7. The Morgan fingerprint density at radius 1 is 1.06 bits per heavy atom. The summed E-state index contributed by atoms with van der Waals surface area (Å²) < 4.78 is 73.6. The molecule has 3 rings (SSSR count). The number of rotatable bonds is 7. The molecule has 0 saturated heterocycles. The molecular formula is C24H21ClF3NO6S. The van der Waals surface area contributed by atoms with Crippen molar-refractivity contribution in [2.24, 2.45) is 0 Å². The Labute approximate surface area is 209 Å². The van der Waals surface area contributed by atoms with E-state index in [9.17, 15) is 36.3 Å². The van der Waals surface area contributed by atoms with E-state index in [0.717, 1.165) is 6.07 Å². The van der Waals surface area contributed by atoms with Crippen molar-refractivity contribution in [2.75, 3.05) is 4.72 Å². The molecule has 192 valence electrons. The van der Waals surface area contributed by atoms with Crippen LogP contribution in [0.1, 0.15) is 30.9 Å². The molecule has 0 aromatic heterocycles. The van der Waals surface area contributed by atoms with Crippen LogP contribution in [0.5, 0.6) is 5.75 Å². The number of phenols is 1.